The number of nitrogen functional groups attached to an aromatic ring is 1. The summed E-state index contributed by atoms with van der Waals surface area (Å²) < 4.78 is 55.5. The Labute approximate surface area is 122 Å². The molecule has 0 unspecified atom stereocenters. The first kappa shape index (κ1) is 17.2. The summed E-state index contributed by atoms with van der Waals surface area (Å²) >= 11 is 5.74. The third kappa shape index (κ3) is 5.63. The Kier molecular flexibility index (Phi) is 5.78. The van der Waals surface area contributed by atoms with Gasteiger partial charge in [0, 0.05) is 6.54 Å². The molecule has 0 aromatic heterocycles. The molecule has 0 aliphatic carbocycles. The Hall–Kier alpha value is -0.870. The van der Waals surface area contributed by atoms with E-state index in [4.69, 9.17) is 21.9 Å². The lowest BCUT2D eigenvalue weighted by Crippen LogP contribution is -2.25. The molecule has 4 N–H and O–H groups in total. The van der Waals surface area contributed by atoms with Gasteiger partial charge in [-0.2, -0.15) is 8.42 Å². The zero-order valence-electron chi connectivity index (χ0n) is 10.4. The van der Waals surface area contributed by atoms with Crippen LogP contribution in [0.25, 0.3) is 0 Å². The van der Waals surface area contributed by atoms with E-state index in [0.717, 1.165) is 0 Å². The predicted octanol–water partition coefficient (Wildman–Crippen LogP) is 0.869. The Bertz CT molecular complexity index is 673. The van der Waals surface area contributed by atoms with E-state index in [1.165, 1.54) is 18.2 Å². The number of rotatable bonds is 7. The molecule has 1 aromatic carbocycles. The van der Waals surface area contributed by atoms with Gasteiger partial charge in [-0.15, -0.1) is 0 Å². The summed E-state index contributed by atoms with van der Waals surface area (Å²) in [4.78, 5) is -0.0218. The summed E-state index contributed by atoms with van der Waals surface area (Å²) in [6.45, 7) is 0.0554. The Balaban J connectivity index is 2.56. The normalized spacial score (nSPS) is 12.5. The van der Waals surface area contributed by atoms with Crippen LogP contribution in [0.3, 0.4) is 0 Å². The van der Waals surface area contributed by atoms with Crippen molar-refractivity contribution in [3.8, 4) is 0 Å². The molecule has 0 aliphatic heterocycles. The predicted molar refractivity (Wildman–Crippen MR) is 76.7 cm³/mol. The number of nitrogens with two attached hydrogens (primary N) is 1. The van der Waals surface area contributed by atoms with E-state index in [1.807, 2.05) is 0 Å². The van der Waals surface area contributed by atoms with E-state index in [9.17, 15) is 16.8 Å². The first-order valence-electron chi connectivity index (χ1n) is 5.62. The Morgan fingerprint density at radius 1 is 1.20 bits per heavy atom. The number of halogens is 1. The van der Waals surface area contributed by atoms with Gasteiger partial charge in [-0.25, -0.2) is 13.1 Å². The summed E-state index contributed by atoms with van der Waals surface area (Å²) in [5.74, 6) is -0.400. The van der Waals surface area contributed by atoms with Crippen LogP contribution in [0.5, 0.6) is 0 Å². The Morgan fingerprint density at radius 2 is 1.85 bits per heavy atom. The van der Waals surface area contributed by atoms with Gasteiger partial charge in [-0.1, -0.05) is 11.6 Å². The number of anilines is 1. The molecule has 114 valence electrons. The highest BCUT2D eigenvalue weighted by Crippen LogP contribution is 2.22. The first-order chi connectivity index (χ1) is 9.12. The lowest BCUT2D eigenvalue weighted by molar-refractivity contribution is 0.480. The molecule has 0 fully saturated rings. The molecule has 0 saturated carbocycles. The average molecular weight is 343 g/mol. The molecular weight excluding hydrogens is 328 g/mol. The van der Waals surface area contributed by atoms with Crippen molar-refractivity contribution in [1.29, 1.82) is 0 Å². The molecule has 1 aromatic rings. The fourth-order valence-electron chi connectivity index (χ4n) is 1.37. The standard InChI is InChI=1S/C10H15ClN2O5S2/c11-9-7-8(3-4-10(9)12)20(17,18)13-5-1-2-6-19(14,15)16/h3-4,7,13H,1-2,5-6,12H2,(H,14,15,16). The van der Waals surface area contributed by atoms with Crippen molar-refractivity contribution in [2.24, 2.45) is 0 Å². The zero-order valence-corrected chi connectivity index (χ0v) is 12.8. The van der Waals surface area contributed by atoms with E-state index < -0.39 is 25.9 Å². The summed E-state index contributed by atoms with van der Waals surface area (Å²) in [7, 11) is -7.73. The summed E-state index contributed by atoms with van der Waals surface area (Å²) in [6, 6.07) is 3.94. The number of hydrogen-bond donors (Lipinski definition) is 3. The molecule has 0 spiro atoms. The Morgan fingerprint density at radius 3 is 2.40 bits per heavy atom. The van der Waals surface area contributed by atoms with Gasteiger partial charge >= 0.3 is 0 Å². The monoisotopic (exact) mass is 342 g/mol. The van der Waals surface area contributed by atoms with Gasteiger partial charge in [-0.05, 0) is 31.0 Å². The van der Waals surface area contributed by atoms with E-state index in [1.54, 1.807) is 0 Å². The summed E-state index contributed by atoms with van der Waals surface area (Å²) in [5.41, 5.74) is 5.76. The number of nitrogens with one attached hydrogen (secondary N) is 1. The van der Waals surface area contributed by atoms with Crippen molar-refractivity contribution in [3.63, 3.8) is 0 Å². The van der Waals surface area contributed by atoms with Crippen LogP contribution < -0.4 is 10.5 Å². The van der Waals surface area contributed by atoms with Gasteiger partial charge in [0.25, 0.3) is 10.1 Å². The van der Waals surface area contributed by atoms with Crippen LogP contribution in [0.4, 0.5) is 5.69 Å². The van der Waals surface area contributed by atoms with E-state index in [-0.39, 0.29) is 35.0 Å². The molecule has 0 heterocycles. The van der Waals surface area contributed by atoms with Crippen molar-refractivity contribution >= 4 is 37.4 Å². The molecule has 0 amide bonds. The minimum Gasteiger partial charge on any atom is -0.398 e. The molecule has 0 aliphatic rings. The summed E-state index contributed by atoms with van der Waals surface area (Å²) in [5, 5.41) is 0.138. The van der Waals surface area contributed by atoms with Crippen LogP contribution in [0.1, 0.15) is 12.8 Å². The van der Waals surface area contributed by atoms with Crippen LogP contribution >= 0.6 is 11.6 Å². The molecule has 7 nitrogen and oxygen atoms in total. The van der Waals surface area contributed by atoms with Gasteiger partial charge in [0.2, 0.25) is 10.0 Å². The molecule has 10 heteroatoms. The topological polar surface area (TPSA) is 127 Å². The third-order valence-electron chi connectivity index (χ3n) is 2.40. The SMILES string of the molecule is Nc1ccc(S(=O)(=O)NCCCCS(=O)(=O)O)cc1Cl. The molecule has 0 atom stereocenters. The van der Waals surface area contributed by atoms with Crippen LogP contribution in [0.2, 0.25) is 5.02 Å². The van der Waals surface area contributed by atoms with Crippen LogP contribution in [-0.4, -0.2) is 33.7 Å². The lowest BCUT2D eigenvalue weighted by Gasteiger charge is -2.07. The van der Waals surface area contributed by atoms with E-state index in [0.29, 0.717) is 0 Å². The fourth-order valence-corrected chi connectivity index (χ4v) is 3.29. The van der Waals surface area contributed by atoms with Crippen LogP contribution in [-0.2, 0) is 20.1 Å². The number of benzene rings is 1. The van der Waals surface area contributed by atoms with Gasteiger partial charge in [0.15, 0.2) is 0 Å². The minimum atomic E-state index is -4.01. The smallest absolute Gasteiger partial charge is 0.264 e. The highest BCUT2D eigenvalue weighted by atomic mass is 35.5. The lowest BCUT2D eigenvalue weighted by atomic mass is 10.3. The van der Waals surface area contributed by atoms with Gasteiger partial charge < -0.3 is 5.73 Å². The maximum atomic E-state index is 11.9. The number of sulfonamides is 1. The second-order valence-electron chi connectivity index (χ2n) is 4.07. The first-order valence-corrected chi connectivity index (χ1v) is 9.09. The second-order valence-corrected chi connectivity index (χ2v) is 7.82. The van der Waals surface area contributed by atoms with Crippen LogP contribution in [0.15, 0.2) is 23.1 Å². The molecule has 0 saturated heterocycles. The maximum Gasteiger partial charge on any atom is 0.264 e. The van der Waals surface area contributed by atoms with Crippen molar-refractivity contribution < 1.29 is 21.4 Å². The van der Waals surface area contributed by atoms with Crippen molar-refractivity contribution in [2.75, 3.05) is 18.0 Å². The quantitative estimate of drug-likeness (QED) is 0.383. The van der Waals surface area contributed by atoms with Crippen LogP contribution in [0, 0.1) is 0 Å². The average Bonchev–Trinajstić information content (AvgIpc) is 2.30. The molecule has 20 heavy (non-hydrogen) atoms. The number of hydrogen-bond acceptors (Lipinski definition) is 5. The molecule has 0 radical (unpaired) electrons. The zero-order chi connectivity index (χ0) is 15.4. The maximum absolute atomic E-state index is 11.9. The van der Waals surface area contributed by atoms with Gasteiger partial charge in [0.05, 0.1) is 21.4 Å². The van der Waals surface area contributed by atoms with Crippen molar-refractivity contribution in [2.45, 2.75) is 17.7 Å². The van der Waals surface area contributed by atoms with Gasteiger partial charge in [-0.3, -0.25) is 4.55 Å². The minimum absolute atomic E-state index is 0.0218. The molecular formula is C10H15ClN2O5S2. The van der Waals surface area contributed by atoms with E-state index >= 15 is 0 Å². The van der Waals surface area contributed by atoms with Crippen molar-refractivity contribution in [1.82, 2.24) is 4.72 Å². The highest BCUT2D eigenvalue weighted by Gasteiger charge is 2.14. The van der Waals surface area contributed by atoms with Gasteiger partial charge in [0.1, 0.15) is 0 Å². The molecule has 0 bridgehead atoms. The third-order valence-corrected chi connectivity index (χ3v) is 4.99. The second kappa shape index (κ2) is 6.72. The van der Waals surface area contributed by atoms with E-state index in [2.05, 4.69) is 4.72 Å². The molecule has 1 rings (SSSR count). The largest absolute Gasteiger partial charge is 0.398 e. The van der Waals surface area contributed by atoms with Crippen molar-refractivity contribution in [3.05, 3.63) is 23.2 Å². The number of unbranched alkanes of at least 4 members (excludes halogenated alkanes) is 1. The fraction of sp³-hybridized carbons (Fsp3) is 0.400. The summed E-state index contributed by atoms with van der Waals surface area (Å²) in [6.07, 6.45) is 0.436. The highest BCUT2D eigenvalue weighted by molar-refractivity contribution is 7.89.